The first kappa shape index (κ1) is 16.2. The Morgan fingerprint density at radius 2 is 2.00 bits per heavy atom. The van der Waals surface area contributed by atoms with Crippen LogP contribution in [-0.4, -0.2) is 52.7 Å². The summed E-state index contributed by atoms with van der Waals surface area (Å²) in [6, 6.07) is 6.48. The zero-order chi connectivity index (χ0) is 15.3. The minimum Gasteiger partial charge on any atom is -0.491 e. The van der Waals surface area contributed by atoms with E-state index in [1.807, 2.05) is 0 Å². The van der Waals surface area contributed by atoms with Crippen molar-refractivity contribution in [2.45, 2.75) is 11.3 Å². The first-order valence-corrected chi connectivity index (χ1v) is 8.44. The number of methoxy groups -OCH3 is 1. The lowest BCUT2D eigenvalue weighted by atomic mass is 10.1. The molecule has 1 aromatic carbocycles. The van der Waals surface area contributed by atoms with Crippen LogP contribution in [0.1, 0.15) is 6.42 Å². The maximum absolute atomic E-state index is 12.5. The van der Waals surface area contributed by atoms with Crippen LogP contribution >= 0.6 is 0 Å². The van der Waals surface area contributed by atoms with E-state index in [-0.39, 0.29) is 5.92 Å². The van der Waals surface area contributed by atoms with Crippen LogP contribution in [0, 0.1) is 5.92 Å². The van der Waals surface area contributed by atoms with Crippen molar-refractivity contribution in [2.24, 2.45) is 11.7 Å². The molecule has 1 aliphatic heterocycles. The molecule has 1 atom stereocenters. The smallest absolute Gasteiger partial charge is 0.243 e. The molecule has 1 aliphatic rings. The van der Waals surface area contributed by atoms with Gasteiger partial charge in [0.2, 0.25) is 10.0 Å². The molecule has 2 rings (SSSR count). The Labute approximate surface area is 125 Å². The van der Waals surface area contributed by atoms with Crippen molar-refractivity contribution in [1.29, 1.82) is 0 Å². The second-order valence-corrected chi connectivity index (χ2v) is 7.00. The summed E-state index contributed by atoms with van der Waals surface area (Å²) in [5, 5.41) is 0. The fraction of sp³-hybridized carbons (Fsp3) is 0.571. The fourth-order valence-corrected chi connectivity index (χ4v) is 3.84. The molecule has 0 bridgehead atoms. The molecule has 1 fully saturated rings. The maximum atomic E-state index is 12.5. The summed E-state index contributed by atoms with van der Waals surface area (Å²) >= 11 is 0. The van der Waals surface area contributed by atoms with Crippen LogP contribution in [-0.2, 0) is 14.8 Å². The normalized spacial score (nSPS) is 19.8. The molecule has 0 aromatic heterocycles. The highest BCUT2D eigenvalue weighted by Crippen LogP contribution is 2.25. The molecule has 0 radical (unpaired) electrons. The number of hydrogen-bond acceptors (Lipinski definition) is 5. The highest BCUT2D eigenvalue weighted by Gasteiger charge is 2.31. The van der Waals surface area contributed by atoms with Gasteiger partial charge in [0.1, 0.15) is 12.4 Å². The van der Waals surface area contributed by atoms with Crippen molar-refractivity contribution >= 4 is 10.0 Å². The molecular formula is C14H22N2O4S. The second kappa shape index (κ2) is 7.22. The zero-order valence-electron chi connectivity index (χ0n) is 12.2. The lowest BCUT2D eigenvalue weighted by molar-refractivity contribution is 0.146. The molecule has 0 unspecified atom stereocenters. The molecule has 21 heavy (non-hydrogen) atoms. The van der Waals surface area contributed by atoms with E-state index >= 15 is 0 Å². The number of benzene rings is 1. The number of hydrogen-bond donors (Lipinski definition) is 1. The van der Waals surface area contributed by atoms with Crippen LogP contribution in [0.4, 0.5) is 0 Å². The van der Waals surface area contributed by atoms with Crippen molar-refractivity contribution in [1.82, 2.24) is 4.31 Å². The van der Waals surface area contributed by atoms with Gasteiger partial charge >= 0.3 is 0 Å². The van der Waals surface area contributed by atoms with Gasteiger partial charge in [-0.1, -0.05) is 0 Å². The SMILES string of the molecule is COCCOc1ccc(S(=O)(=O)N2CC[C@@H](CN)C2)cc1. The second-order valence-electron chi connectivity index (χ2n) is 5.07. The molecule has 1 heterocycles. The van der Waals surface area contributed by atoms with Gasteiger partial charge in [-0.25, -0.2) is 8.42 Å². The van der Waals surface area contributed by atoms with E-state index in [4.69, 9.17) is 15.2 Å². The molecule has 1 saturated heterocycles. The summed E-state index contributed by atoms with van der Waals surface area (Å²) in [6.45, 7) is 2.50. The molecule has 6 nitrogen and oxygen atoms in total. The van der Waals surface area contributed by atoms with E-state index in [1.165, 1.54) is 4.31 Å². The number of nitrogens with two attached hydrogens (primary N) is 1. The standard InChI is InChI=1S/C14H22N2O4S/c1-19-8-9-20-13-2-4-14(5-3-13)21(17,18)16-7-6-12(10-15)11-16/h2-5,12H,6-11,15H2,1H3/t12-/m0/s1. The average Bonchev–Trinajstić information content (AvgIpc) is 2.98. The monoisotopic (exact) mass is 314 g/mol. The average molecular weight is 314 g/mol. The Morgan fingerprint density at radius 1 is 1.29 bits per heavy atom. The van der Waals surface area contributed by atoms with E-state index in [0.29, 0.717) is 43.5 Å². The summed E-state index contributed by atoms with van der Waals surface area (Å²) in [7, 11) is -1.83. The van der Waals surface area contributed by atoms with Crippen molar-refractivity contribution in [3.05, 3.63) is 24.3 Å². The predicted molar refractivity (Wildman–Crippen MR) is 79.7 cm³/mol. The minimum absolute atomic E-state index is 0.261. The summed E-state index contributed by atoms with van der Waals surface area (Å²) < 4.78 is 36.8. The third-order valence-corrected chi connectivity index (χ3v) is 5.48. The van der Waals surface area contributed by atoms with E-state index < -0.39 is 10.0 Å². The quantitative estimate of drug-likeness (QED) is 0.749. The molecular weight excluding hydrogens is 292 g/mol. The number of rotatable bonds is 7. The van der Waals surface area contributed by atoms with Crippen molar-refractivity contribution < 1.29 is 17.9 Å². The van der Waals surface area contributed by atoms with Crippen LogP contribution in [0.2, 0.25) is 0 Å². The molecule has 7 heteroatoms. The van der Waals surface area contributed by atoms with Gasteiger partial charge in [-0.3, -0.25) is 0 Å². The van der Waals surface area contributed by atoms with Gasteiger partial charge < -0.3 is 15.2 Å². The van der Waals surface area contributed by atoms with E-state index in [0.717, 1.165) is 6.42 Å². The first-order valence-electron chi connectivity index (χ1n) is 7.00. The highest BCUT2D eigenvalue weighted by atomic mass is 32.2. The maximum Gasteiger partial charge on any atom is 0.243 e. The molecule has 0 amide bonds. The van der Waals surface area contributed by atoms with Crippen LogP contribution in [0.5, 0.6) is 5.75 Å². The predicted octanol–water partition coefficient (Wildman–Crippen LogP) is 0.681. The van der Waals surface area contributed by atoms with Crippen LogP contribution < -0.4 is 10.5 Å². The van der Waals surface area contributed by atoms with Gasteiger partial charge in [0.25, 0.3) is 0 Å². The molecule has 118 valence electrons. The van der Waals surface area contributed by atoms with E-state index in [2.05, 4.69) is 0 Å². The Hall–Kier alpha value is -1.15. The molecule has 1 aromatic rings. The van der Waals surface area contributed by atoms with Gasteiger partial charge in [0, 0.05) is 20.2 Å². The largest absolute Gasteiger partial charge is 0.491 e. The van der Waals surface area contributed by atoms with Gasteiger partial charge in [0.05, 0.1) is 11.5 Å². The summed E-state index contributed by atoms with van der Waals surface area (Å²) in [5.74, 6) is 0.892. The van der Waals surface area contributed by atoms with Crippen molar-refractivity contribution in [3.8, 4) is 5.75 Å². The van der Waals surface area contributed by atoms with E-state index in [9.17, 15) is 8.42 Å². The summed E-state index contributed by atoms with van der Waals surface area (Å²) in [5.41, 5.74) is 5.61. The minimum atomic E-state index is -3.43. The Bertz CT molecular complexity index is 545. The Morgan fingerprint density at radius 3 is 2.57 bits per heavy atom. The lowest BCUT2D eigenvalue weighted by Gasteiger charge is -2.16. The van der Waals surface area contributed by atoms with Crippen LogP contribution in [0.15, 0.2) is 29.2 Å². The third kappa shape index (κ3) is 3.94. The molecule has 0 aliphatic carbocycles. The third-order valence-electron chi connectivity index (χ3n) is 3.60. The fourth-order valence-electron chi connectivity index (χ4n) is 2.31. The highest BCUT2D eigenvalue weighted by molar-refractivity contribution is 7.89. The van der Waals surface area contributed by atoms with Crippen LogP contribution in [0.25, 0.3) is 0 Å². The Balaban J connectivity index is 2.03. The number of nitrogens with zero attached hydrogens (tertiary/aromatic N) is 1. The molecule has 2 N–H and O–H groups in total. The lowest BCUT2D eigenvalue weighted by Crippen LogP contribution is -2.30. The number of ether oxygens (including phenoxy) is 2. The van der Waals surface area contributed by atoms with E-state index in [1.54, 1.807) is 31.4 Å². The topological polar surface area (TPSA) is 81.9 Å². The van der Waals surface area contributed by atoms with Crippen molar-refractivity contribution in [3.63, 3.8) is 0 Å². The summed E-state index contributed by atoms with van der Waals surface area (Å²) in [6.07, 6.45) is 0.827. The van der Waals surface area contributed by atoms with Gasteiger partial charge in [-0.2, -0.15) is 4.31 Å². The zero-order valence-corrected chi connectivity index (χ0v) is 13.0. The van der Waals surface area contributed by atoms with Gasteiger partial charge in [0.15, 0.2) is 0 Å². The molecule has 0 spiro atoms. The summed E-state index contributed by atoms with van der Waals surface area (Å²) in [4.78, 5) is 0.291. The van der Waals surface area contributed by atoms with Crippen LogP contribution in [0.3, 0.4) is 0 Å². The Kier molecular flexibility index (Phi) is 5.58. The van der Waals surface area contributed by atoms with Crippen molar-refractivity contribution in [2.75, 3.05) is 40.0 Å². The van der Waals surface area contributed by atoms with Gasteiger partial charge in [-0.15, -0.1) is 0 Å². The first-order chi connectivity index (χ1) is 10.1. The molecule has 0 saturated carbocycles. The van der Waals surface area contributed by atoms with Gasteiger partial charge in [-0.05, 0) is 43.1 Å². The number of sulfonamides is 1.